The molecule has 0 spiro atoms. The lowest BCUT2D eigenvalue weighted by Gasteiger charge is -2.29. The first-order valence-electron chi connectivity index (χ1n) is 10.6. The first-order valence-corrected chi connectivity index (χ1v) is 10.6. The monoisotopic (exact) mass is 389 g/mol. The van der Waals surface area contributed by atoms with Crippen molar-refractivity contribution in [2.75, 3.05) is 19.7 Å². The van der Waals surface area contributed by atoms with Gasteiger partial charge in [-0.2, -0.15) is 5.10 Å². The average molecular weight is 390 g/mol. The van der Waals surface area contributed by atoms with Gasteiger partial charge in [-0.25, -0.2) is 0 Å². The minimum absolute atomic E-state index is 0.215. The number of nitrogens with zero attached hydrogens (tertiary/aromatic N) is 3. The van der Waals surface area contributed by atoms with Crippen molar-refractivity contribution in [2.45, 2.75) is 32.4 Å². The van der Waals surface area contributed by atoms with Crippen molar-refractivity contribution in [3.8, 4) is 0 Å². The fourth-order valence-electron chi connectivity index (χ4n) is 4.38. The summed E-state index contributed by atoms with van der Waals surface area (Å²) in [5, 5.41) is 4.32. The van der Waals surface area contributed by atoms with Crippen molar-refractivity contribution in [2.24, 2.45) is 12.5 Å². The van der Waals surface area contributed by atoms with E-state index in [4.69, 9.17) is 4.74 Å². The first kappa shape index (κ1) is 19.9. The van der Waals surface area contributed by atoms with Crippen LogP contribution in [0.3, 0.4) is 0 Å². The summed E-state index contributed by atoms with van der Waals surface area (Å²) in [5.41, 5.74) is 4.17. The Bertz CT molecular complexity index is 877. The van der Waals surface area contributed by atoms with E-state index >= 15 is 0 Å². The fraction of sp³-hybridized carbons (Fsp3) is 0.400. The van der Waals surface area contributed by atoms with Crippen molar-refractivity contribution >= 4 is 0 Å². The topological polar surface area (TPSA) is 30.3 Å². The van der Waals surface area contributed by atoms with E-state index in [9.17, 15) is 0 Å². The second-order valence-electron chi connectivity index (χ2n) is 8.45. The standard InChI is InChI=1S/C25H31N3O/c1-27-17-24(16-26-27)18-28-15-14-25(20-28,13-12-22-8-4-2-5-9-22)21-29-19-23-10-6-3-7-11-23/h2-11,16-17H,12-15,18-21H2,1H3. The molecule has 3 aromatic rings. The highest BCUT2D eigenvalue weighted by Gasteiger charge is 2.38. The number of ether oxygens (including phenoxy) is 1. The van der Waals surface area contributed by atoms with Gasteiger partial charge in [0.15, 0.2) is 0 Å². The summed E-state index contributed by atoms with van der Waals surface area (Å²) < 4.78 is 8.14. The van der Waals surface area contributed by atoms with Crippen LogP contribution in [0, 0.1) is 5.41 Å². The van der Waals surface area contributed by atoms with E-state index in [0.29, 0.717) is 6.61 Å². The Morgan fingerprint density at radius 2 is 1.69 bits per heavy atom. The number of likely N-dealkylation sites (tertiary alicyclic amines) is 1. The molecule has 1 saturated heterocycles. The molecule has 0 N–H and O–H groups in total. The van der Waals surface area contributed by atoms with Crippen molar-refractivity contribution in [1.29, 1.82) is 0 Å². The number of hydrogen-bond acceptors (Lipinski definition) is 3. The second-order valence-corrected chi connectivity index (χ2v) is 8.45. The van der Waals surface area contributed by atoms with Crippen LogP contribution in [0.2, 0.25) is 0 Å². The van der Waals surface area contributed by atoms with Crippen LogP contribution in [0.25, 0.3) is 0 Å². The predicted octanol–water partition coefficient (Wildman–Crippen LogP) is 4.46. The molecule has 1 unspecified atom stereocenters. The predicted molar refractivity (Wildman–Crippen MR) is 116 cm³/mol. The molecule has 0 amide bonds. The van der Waals surface area contributed by atoms with E-state index < -0.39 is 0 Å². The van der Waals surface area contributed by atoms with Gasteiger partial charge in [-0.05, 0) is 36.9 Å². The lowest BCUT2D eigenvalue weighted by molar-refractivity contribution is 0.0321. The Hall–Kier alpha value is -2.43. The quantitative estimate of drug-likeness (QED) is 0.541. The fourth-order valence-corrected chi connectivity index (χ4v) is 4.38. The van der Waals surface area contributed by atoms with E-state index in [1.165, 1.54) is 23.1 Å². The van der Waals surface area contributed by atoms with Gasteiger partial charge in [-0.15, -0.1) is 0 Å². The minimum atomic E-state index is 0.215. The van der Waals surface area contributed by atoms with Crippen molar-refractivity contribution in [3.05, 3.63) is 89.7 Å². The summed E-state index contributed by atoms with van der Waals surface area (Å²) in [5.74, 6) is 0. The molecular weight excluding hydrogens is 358 g/mol. The third-order valence-corrected chi connectivity index (χ3v) is 5.99. The van der Waals surface area contributed by atoms with Gasteiger partial charge in [-0.3, -0.25) is 9.58 Å². The molecule has 4 heteroatoms. The number of benzene rings is 2. The van der Waals surface area contributed by atoms with E-state index in [2.05, 4.69) is 76.9 Å². The molecule has 2 aromatic carbocycles. The van der Waals surface area contributed by atoms with Gasteiger partial charge >= 0.3 is 0 Å². The van der Waals surface area contributed by atoms with Crippen LogP contribution in [0.5, 0.6) is 0 Å². The molecule has 0 radical (unpaired) electrons. The summed E-state index contributed by atoms with van der Waals surface area (Å²) in [7, 11) is 1.98. The van der Waals surface area contributed by atoms with Gasteiger partial charge in [0.25, 0.3) is 0 Å². The number of aryl methyl sites for hydroxylation is 2. The van der Waals surface area contributed by atoms with Crippen LogP contribution < -0.4 is 0 Å². The number of rotatable bonds is 9. The number of hydrogen-bond donors (Lipinski definition) is 0. The van der Waals surface area contributed by atoms with Crippen LogP contribution in [0.4, 0.5) is 0 Å². The summed E-state index contributed by atoms with van der Waals surface area (Å²) in [4.78, 5) is 2.56. The van der Waals surface area contributed by atoms with Crippen LogP contribution in [0.15, 0.2) is 73.1 Å². The maximum Gasteiger partial charge on any atom is 0.0717 e. The zero-order chi connectivity index (χ0) is 19.9. The normalized spacial score (nSPS) is 19.6. The SMILES string of the molecule is Cn1cc(CN2CCC(CCc3ccccc3)(COCc3ccccc3)C2)cn1. The Labute approximate surface area is 174 Å². The summed E-state index contributed by atoms with van der Waals surface area (Å²) in [6, 6.07) is 21.3. The summed E-state index contributed by atoms with van der Waals surface area (Å²) in [6.45, 7) is 4.69. The van der Waals surface area contributed by atoms with E-state index in [1.54, 1.807) is 0 Å². The molecule has 1 aliphatic heterocycles. The van der Waals surface area contributed by atoms with Crippen molar-refractivity contribution in [3.63, 3.8) is 0 Å². The molecule has 4 rings (SSSR count). The van der Waals surface area contributed by atoms with Crippen molar-refractivity contribution < 1.29 is 4.74 Å². The lowest BCUT2D eigenvalue weighted by atomic mass is 9.82. The highest BCUT2D eigenvalue weighted by Crippen LogP contribution is 2.36. The molecule has 0 bridgehead atoms. The third-order valence-electron chi connectivity index (χ3n) is 5.99. The van der Waals surface area contributed by atoms with Gasteiger partial charge in [0, 0.05) is 37.3 Å². The lowest BCUT2D eigenvalue weighted by Crippen LogP contribution is -2.32. The summed E-state index contributed by atoms with van der Waals surface area (Å²) in [6.07, 6.45) is 7.56. The van der Waals surface area contributed by atoms with Gasteiger partial charge in [0.1, 0.15) is 0 Å². The summed E-state index contributed by atoms with van der Waals surface area (Å²) >= 11 is 0. The minimum Gasteiger partial charge on any atom is -0.376 e. The van der Waals surface area contributed by atoms with Gasteiger partial charge in [0.05, 0.1) is 19.4 Å². The first-order chi connectivity index (χ1) is 14.2. The van der Waals surface area contributed by atoms with E-state index in [0.717, 1.165) is 39.1 Å². The molecule has 1 aliphatic rings. The average Bonchev–Trinajstić information content (AvgIpc) is 3.35. The van der Waals surface area contributed by atoms with Crippen LogP contribution >= 0.6 is 0 Å². The third kappa shape index (κ3) is 5.55. The molecular formula is C25H31N3O. The van der Waals surface area contributed by atoms with Crippen LogP contribution in [-0.4, -0.2) is 34.4 Å². The van der Waals surface area contributed by atoms with Crippen LogP contribution in [0.1, 0.15) is 29.5 Å². The number of aromatic nitrogens is 2. The molecule has 1 atom stereocenters. The largest absolute Gasteiger partial charge is 0.376 e. The molecule has 1 aromatic heterocycles. The highest BCUT2D eigenvalue weighted by molar-refractivity contribution is 5.16. The van der Waals surface area contributed by atoms with Crippen LogP contribution in [-0.2, 0) is 31.4 Å². The Balaban J connectivity index is 1.39. The Morgan fingerprint density at radius 1 is 0.966 bits per heavy atom. The van der Waals surface area contributed by atoms with Gasteiger partial charge in [-0.1, -0.05) is 60.7 Å². The molecule has 152 valence electrons. The van der Waals surface area contributed by atoms with Gasteiger partial charge in [0.2, 0.25) is 0 Å². The van der Waals surface area contributed by atoms with E-state index in [-0.39, 0.29) is 5.41 Å². The molecule has 0 saturated carbocycles. The second kappa shape index (κ2) is 9.38. The maximum atomic E-state index is 6.25. The highest BCUT2D eigenvalue weighted by atomic mass is 16.5. The molecule has 2 heterocycles. The zero-order valence-electron chi connectivity index (χ0n) is 17.3. The smallest absolute Gasteiger partial charge is 0.0717 e. The Morgan fingerprint density at radius 3 is 2.38 bits per heavy atom. The Kier molecular flexibility index (Phi) is 6.43. The maximum absolute atomic E-state index is 6.25. The zero-order valence-corrected chi connectivity index (χ0v) is 17.3. The molecule has 0 aliphatic carbocycles. The van der Waals surface area contributed by atoms with Gasteiger partial charge < -0.3 is 4.74 Å². The molecule has 4 nitrogen and oxygen atoms in total. The molecule has 1 fully saturated rings. The van der Waals surface area contributed by atoms with E-state index in [1.807, 2.05) is 17.9 Å². The van der Waals surface area contributed by atoms with Crippen molar-refractivity contribution in [1.82, 2.24) is 14.7 Å². The molecule has 29 heavy (non-hydrogen) atoms.